The molecule has 2 heterocycles. The molecule has 186 valence electrons. The molecule has 2 aromatic carbocycles. The van der Waals surface area contributed by atoms with Crippen molar-refractivity contribution in [2.24, 2.45) is 0 Å². The highest BCUT2D eigenvalue weighted by Gasteiger charge is 2.23. The first-order chi connectivity index (χ1) is 17.2. The van der Waals surface area contributed by atoms with E-state index in [1.54, 1.807) is 11.1 Å². The van der Waals surface area contributed by atoms with Crippen LogP contribution in [-0.4, -0.2) is 0 Å². The molecule has 4 aromatic rings. The first-order valence-corrected chi connectivity index (χ1v) is 12.3. The monoisotopic (exact) mass is 526 g/mol. The summed E-state index contributed by atoms with van der Waals surface area (Å²) < 4.78 is 48.0. The molecular weight excluding hydrogens is 502 g/mol. The lowest BCUT2D eigenvalue weighted by atomic mass is 9.96. The molecule has 8 heteroatoms. The van der Waals surface area contributed by atoms with Crippen LogP contribution in [0.2, 0.25) is 0 Å². The molecule has 0 saturated carbocycles. The molecule has 5 rings (SSSR count). The van der Waals surface area contributed by atoms with Crippen molar-refractivity contribution >= 4 is 33.8 Å². The third kappa shape index (κ3) is 6.64. The molecule has 0 amide bonds. The zero-order valence-electron chi connectivity index (χ0n) is 19.1. The van der Waals surface area contributed by atoms with E-state index in [0.717, 1.165) is 0 Å². The van der Waals surface area contributed by atoms with E-state index in [9.17, 15) is 0 Å². The van der Waals surface area contributed by atoms with Gasteiger partial charge in [0.15, 0.2) is 0 Å². The van der Waals surface area contributed by atoms with Crippen molar-refractivity contribution in [1.29, 1.82) is 0 Å². The highest BCUT2D eigenvalue weighted by Crippen LogP contribution is 2.47. The van der Waals surface area contributed by atoms with Crippen LogP contribution in [0.3, 0.4) is 0 Å². The van der Waals surface area contributed by atoms with Gasteiger partial charge in [-0.15, -0.1) is 22.7 Å². The molecule has 0 atom stereocenters. The molecule has 1 aliphatic rings. The Labute approximate surface area is 208 Å². The normalized spacial score (nSPS) is 12.1. The first-order valence-electron chi connectivity index (χ1n) is 10.7. The van der Waals surface area contributed by atoms with Crippen molar-refractivity contribution < 1.29 is 27.4 Å². The summed E-state index contributed by atoms with van der Waals surface area (Å²) in [6.45, 7) is 4.57. The van der Waals surface area contributed by atoms with E-state index in [1.165, 1.54) is 61.0 Å². The van der Waals surface area contributed by atoms with Crippen molar-refractivity contribution in [3.63, 3.8) is 0 Å². The predicted molar refractivity (Wildman–Crippen MR) is 136 cm³/mol. The van der Waals surface area contributed by atoms with Gasteiger partial charge in [-0.1, -0.05) is 60.7 Å². The maximum atomic E-state index is 8.00. The lowest BCUT2D eigenvalue weighted by molar-refractivity contribution is 0.108. The standard InChI is InChI=1S/C27H24S2.3F2/c1-18-24(16-26(28-18)20-10-5-3-6-11-20)22-14-9-15-23(22)25-17-27(29-19(25)2)21-12-7-4-8-13-21;3*1-2/h3-8,10-13,16-17H,9,14-15H2,1-2H3;;;. The minimum absolute atomic E-state index is 1.19. The van der Waals surface area contributed by atoms with Gasteiger partial charge in [0, 0.05) is 47.0 Å². The van der Waals surface area contributed by atoms with Crippen LogP contribution in [0.4, 0.5) is 27.4 Å². The molecule has 0 spiro atoms. The number of hydrogen-bond acceptors (Lipinski definition) is 2. The number of hydrogen-bond donors (Lipinski definition) is 0. The van der Waals surface area contributed by atoms with Crippen LogP contribution in [-0.2, 0) is 0 Å². The zero-order chi connectivity index (χ0) is 25.8. The molecule has 0 radical (unpaired) electrons. The summed E-state index contributed by atoms with van der Waals surface area (Å²) in [5, 5.41) is 0. The van der Waals surface area contributed by atoms with E-state index in [-0.39, 0.29) is 0 Å². The second-order valence-corrected chi connectivity index (χ2v) is 10.2. The van der Waals surface area contributed by atoms with E-state index in [1.807, 2.05) is 22.7 Å². The largest absolute Gasteiger partial charge is 0.140 e. The average Bonchev–Trinajstić information content (AvgIpc) is 3.66. The van der Waals surface area contributed by atoms with E-state index >= 15 is 0 Å². The molecule has 0 N–H and O–H groups in total. The number of allylic oxidation sites excluding steroid dienone is 2. The molecular formula is C27H24F6S2. The van der Waals surface area contributed by atoms with Crippen LogP contribution in [0.1, 0.15) is 40.1 Å². The SMILES string of the molecule is Cc1sc(-c2ccccc2)cc1C1=C(c2cc(-c3ccccc3)sc2C)CCC1.FF.FF.FF. The molecule has 0 unspecified atom stereocenters. The fraction of sp³-hybridized carbons (Fsp3) is 0.185. The van der Waals surface area contributed by atoms with Gasteiger partial charge in [-0.25, -0.2) is 0 Å². The Morgan fingerprint density at radius 1 is 0.543 bits per heavy atom. The molecule has 0 saturated heterocycles. The third-order valence-corrected chi connectivity index (χ3v) is 8.02. The Kier molecular flexibility index (Phi) is 11.8. The van der Waals surface area contributed by atoms with E-state index in [2.05, 4.69) is 86.6 Å². The summed E-state index contributed by atoms with van der Waals surface area (Å²) in [4.78, 5) is 5.64. The molecule has 0 aliphatic heterocycles. The molecule has 1 aliphatic carbocycles. The molecule has 0 nitrogen and oxygen atoms in total. The molecule has 2 aromatic heterocycles. The fourth-order valence-corrected chi connectivity index (χ4v) is 6.50. The van der Waals surface area contributed by atoms with Crippen molar-refractivity contribution in [3.8, 4) is 20.9 Å². The van der Waals surface area contributed by atoms with Crippen LogP contribution < -0.4 is 0 Å². The highest BCUT2D eigenvalue weighted by molar-refractivity contribution is 7.16. The number of thiophene rings is 2. The lowest BCUT2D eigenvalue weighted by Gasteiger charge is -2.07. The Morgan fingerprint density at radius 3 is 1.23 bits per heavy atom. The van der Waals surface area contributed by atoms with Crippen LogP contribution in [0.5, 0.6) is 0 Å². The van der Waals surface area contributed by atoms with Gasteiger partial charge in [0.1, 0.15) is 0 Å². The fourth-order valence-electron chi connectivity index (χ4n) is 4.39. The van der Waals surface area contributed by atoms with Crippen LogP contribution >= 0.6 is 22.7 Å². The smallest absolute Gasteiger partial charge is 0.0351 e. The second-order valence-electron chi connectivity index (χ2n) is 7.70. The minimum Gasteiger partial charge on any atom is -0.140 e. The van der Waals surface area contributed by atoms with Crippen molar-refractivity contribution in [2.45, 2.75) is 33.1 Å². The Hall–Kier alpha value is -2.84. The minimum atomic E-state index is 1.19. The van der Waals surface area contributed by atoms with Gasteiger partial charge in [0.2, 0.25) is 0 Å². The quantitative estimate of drug-likeness (QED) is 0.232. The summed E-state index contributed by atoms with van der Waals surface area (Å²) in [5.74, 6) is 0. The van der Waals surface area contributed by atoms with Gasteiger partial charge >= 0.3 is 0 Å². The number of benzene rings is 2. The van der Waals surface area contributed by atoms with Crippen LogP contribution in [0.15, 0.2) is 72.8 Å². The van der Waals surface area contributed by atoms with Crippen molar-refractivity contribution in [2.75, 3.05) is 0 Å². The summed E-state index contributed by atoms with van der Waals surface area (Å²) in [6.07, 6.45) is 3.64. The molecule has 0 bridgehead atoms. The van der Waals surface area contributed by atoms with Crippen LogP contribution in [0.25, 0.3) is 32.0 Å². The maximum Gasteiger partial charge on any atom is 0.0351 e. The summed E-state index contributed by atoms with van der Waals surface area (Å²) >= 11 is 3.85. The Morgan fingerprint density at radius 2 is 0.886 bits per heavy atom. The third-order valence-electron chi connectivity index (χ3n) is 5.82. The first kappa shape index (κ1) is 28.4. The summed E-state index contributed by atoms with van der Waals surface area (Å²) in [7, 11) is 0. The average molecular weight is 527 g/mol. The van der Waals surface area contributed by atoms with Gasteiger partial charge < -0.3 is 0 Å². The van der Waals surface area contributed by atoms with Gasteiger partial charge in [0.05, 0.1) is 0 Å². The summed E-state index contributed by atoms with van der Waals surface area (Å²) in [6, 6.07) is 26.4. The van der Waals surface area contributed by atoms with E-state index in [4.69, 9.17) is 27.4 Å². The van der Waals surface area contributed by atoms with E-state index < -0.39 is 0 Å². The Balaban J connectivity index is 0.000000671. The second kappa shape index (κ2) is 14.5. The lowest BCUT2D eigenvalue weighted by Crippen LogP contribution is -1.86. The zero-order valence-corrected chi connectivity index (χ0v) is 20.8. The number of halogens is 6. The predicted octanol–water partition coefficient (Wildman–Crippen LogP) is 11.4. The van der Waals surface area contributed by atoms with Crippen molar-refractivity contribution in [1.82, 2.24) is 0 Å². The van der Waals surface area contributed by atoms with Gasteiger partial charge in [0.25, 0.3) is 0 Å². The topological polar surface area (TPSA) is 0 Å². The maximum absolute atomic E-state index is 8.00. The van der Waals surface area contributed by atoms with E-state index in [0.29, 0.717) is 0 Å². The van der Waals surface area contributed by atoms with Gasteiger partial charge in [-0.3, -0.25) is 0 Å². The number of rotatable bonds is 4. The number of aryl methyl sites for hydroxylation is 2. The van der Waals surface area contributed by atoms with Gasteiger partial charge in [-0.2, -0.15) is 0 Å². The Bertz CT molecular complexity index is 1100. The van der Waals surface area contributed by atoms with Gasteiger partial charge in [-0.05, 0) is 78.6 Å². The summed E-state index contributed by atoms with van der Waals surface area (Å²) in [5.41, 5.74) is 8.72. The molecule has 35 heavy (non-hydrogen) atoms. The van der Waals surface area contributed by atoms with Crippen molar-refractivity contribution in [3.05, 3.63) is 93.7 Å². The van der Waals surface area contributed by atoms with Crippen LogP contribution in [0, 0.1) is 13.8 Å². The highest BCUT2D eigenvalue weighted by atomic mass is 32.1. The molecule has 0 fully saturated rings.